The molecule has 3 heterocycles. The number of H-pyrrole nitrogens is 1. The van der Waals surface area contributed by atoms with Crippen molar-refractivity contribution in [3.05, 3.63) is 11.1 Å². The highest BCUT2D eigenvalue weighted by Crippen LogP contribution is 2.24. The lowest BCUT2D eigenvalue weighted by Gasteiger charge is -2.43. The molecule has 1 aliphatic rings. The summed E-state index contributed by atoms with van der Waals surface area (Å²) in [6, 6.07) is -1.07. The largest absolute Gasteiger partial charge is 0.398 e. The van der Waals surface area contributed by atoms with Crippen LogP contribution in [0.2, 0.25) is 0 Å². The normalized spacial score (nSPS) is 20.7. The first-order chi connectivity index (χ1) is 11.5. The van der Waals surface area contributed by atoms with E-state index in [1.165, 1.54) is 12.0 Å². The van der Waals surface area contributed by atoms with Crippen molar-refractivity contribution in [1.29, 1.82) is 0 Å². The number of nitrogen functional groups attached to an aromatic ring is 1. The minimum atomic E-state index is -0.736. The Bertz CT molecular complexity index is 787. The number of amides is 2. The summed E-state index contributed by atoms with van der Waals surface area (Å²) in [5.41, 5.74) is 5.77. The van der Waals surface area contributed by atoms with Gasteiger partial charge in [0.05, 0.1) is 6.04 Å². The second kappa shape index (κ2) is 6.19. The standard InChI is InChI=1S/C11H13N9O3S/c1-4-6(9(22)20(4)11-15-18-19-16-11)14-8(21)7(17-23-2)5-3-24-10(12)13-5/h3-4,6H,1-2H3,(H2,12,13)(H,14,21)(H,15,16,18,19)/b17-7-/t4-,6-/m0/s1. The monoisotopic (exact) mass is 351 g/mol. The van der Waals surface area contributed by atoms with E-state index in [1.54, 1.807) is 12.3 Å². The van der Waals surface area contributed by atoms with Crippen LogP contribution in [0.1, 0.15) is 12.6 Å². The molecule has 0 saturated carbocycles. The van der Waals surface area contributed by atoms with E-state index in [0.717, 1.165) is 11.3 Å². The van der Waals surface area contributed by atoms with Gasteiger partial charge in [-0.2, -0.15) is 0 Å². The molecule has 0 spiro atoms. The first-order valence-corrected chi connectivity index (χ1v) is 7.61. The SMILES string of the molecule is CO/N=C(\C(=O)N[C@@H]1C(=O)N(c2nnn[nH]2)[C@H]1C)c1csc(N)n1. The van der Waals surface area contributed by atoms with Gasteiger partial charge in [-0.25, -0.2) is 10.1 Å². The quantitative estimate of drug-likeness (QED) is 0.333. The van der Waals surface area contributed by atoms with Gasteiger partial charge in [-0.3, -0.25) is 14.5 Å². The van der Waals surface area contributed by atoms with Crippen LogP contribution in [-0.4, -0.2) is 62.3 Å². The van der Waals surface area contributed by atoms with E-state index in [0.29, 0.717) is 5.13 Å². The van der Waals surface area contributed by atoms with Gasteiger partial charge in [0.1, 0.15) is 18.8 Å². The van der Waals surface area contributed by atoms with Crippen molar-refractivity contribution in [3.8, 4) is 0 Å². The molecule has 0 bridgehead atoms. The van der Waals surface area contributed by atoms with E-state index >= 15 is 0 Å². The van der Waals surface area contributed by atoms with Crippen LogP contribution in [0.4, 0.5) is 11.1 Å². The number of nitrogens with zero attached hydrogens (tertiary/aromatic N) is 6. The predicted molar refractivity (Wildman–Crippen MR) is 83.1 cm³/mol. The summed E-state index contributed by atoms with van der Waals surface area (Å²) in [4.78, 5) is 34.7. The Labute approximate surface area is 139 Å². The molecule has 12 nitrogen and oxygen atoms in total. The molecule has 2 amide bonds. The second-order valence-corrected chi connectivity index (χ2v) is 5.71. The number of oxime groups is 1. The number of nitrogens with one attached hydrogen (secondary N) is 2. The van der Waals surface area contributed by atoms with Crippen LogP contribution in [0.15, 0.2) is 10.5 Å². The lowest BCUT2D eigenvalue weighted by atomic mass is 9.97. The number of rotatable bonds is 5. The van der Waals surface area contributed by atoms with Gasteiger partial charge >= 0.3 is 0 Å². The fourth-order valence-corrected chi connectivity index (χ4v) is 2.81. The van der Waals surface area contributed by atoms with Gasteiger partial charge in [-0.15, -0.1) is 11.3 Å². The van der Waals surface area contributed by atoms with Gasteiger partial charge < -0.3 is 15.9 Å². The van der Waals surface area contributed by atoms with Crippen LogP contribution in [0, 0.1) is 0 Å². The number of β-lactam (4-membered cyclic amide) rings is 1. The molecule has 24 heavy (non-hydrogen) atoms. The molecule has 126 valence electrons. The number of nitrogens with two attached hydrogens (primary N) is 1. The fourth-order valence-electron chi connectivity index (χ4n) is 2.26. The maximum absolute atomic E-state index is 12.4. The third kappa shape index (κ3) is 2.64. The molecule has 4 N–H and O–H groups in total. The molecule has 3 rings (SSSR count). The van der Waals surface area contributed by atoms with Crippen molar-refractivity contribution >= 4 is 39.9 Å². The first-order valence-electron chi connectivity index (χ1n) is 6.73. The average Bonchev–Trinajstić information content (AvgIpc) is 3.22. The van der Waals surface area contributed by atoms with Crippen LogP contribution < -0.4 is 16.0 Å². The Balaban J connectivity index is 1.72. The zero-order chi connectivity index (χ0) is 17.3. The van der Waals surface area contributed by atoms with E-state index in [2.05, 4.69) is 40.9 Å². The van der Waals surface area contributed by atoms with Gasteiger partial charge in [0.2, 0.25) is 5.95 Å². The highest BCUT2D eigenvalue weighted by molar-refractivity contribution is 7.13. The maximum Gasteiger partial charge on any atom is 0.276 e. The minimum Gasteiger partial charge on any atom is -0.398 e. The highest BCUT2D eigenvalue weighted by atomic mass is 32.1. The lowest BCUT2D eigenvalue weighted by Crippen LogP contribution is -2.70. The summed E-state index contributed by atoms with van der Waals surface area (Å²) >= 11 is 1.16. The molecular weight excluding hydrogens is 338 g/mol. The smallest absolute Gasteiger partial charge is 0.276 e. The third-order valence-electron chi connectivity index (χ3n) is 3.40. The number of aromatic nitrogens is 5. The summed E-state index contributed by atoms with van der Waals surface area (Å²) < 4.78 is 0. The third-order valence-corrected chi connectivity index (χ3v) is 4.08. The number of thiazole rings is 1. The van der Waals surface area contributed by atoms with Crippen LogP contribution in [0.3, 0.4) is 0 Å². The molecule has 2 aromatic rings. The van der Waals surface area contributed by atoms with Crippen molar-refractivity contribution in [1.82, 2.24) is 30.9 Å². The molecule has 0 aliphatic carbocycles. The molecule has 2 atom stereocenters. The fraction of sp³-hybridized carbons (Fsp3) is 0.364. The van der Waals surface area contributed by atoms with E-state index in [1.807, 2.05) is 0 Å². The number of carbonyl (C=O) groups excluding carboxylic acids is 2. The predicted octanol–water partition coefficient (Wildman–Crippen LogP) is -1.49. The summed E-state index contributed by atoms with van der Waals surface area (Å²) in [6.07, 6.45) is 0. The van der Waals surface area contributed by atoms with Crippen molar-refractivity contribution in [2.75, 3.05) is 17.7 Å². The van der Waals surface area contributed by atoms with E-state index in [4.69, 9.17) is 5.73 Å². The number of tetrazole rings is 1. The first kappa shape index (κ1) is 15.8. The summed E-state index contributed by atoms with van der Waals surface area (Å²) in [7, 11) is 1.30. The summed E-state index contributed by atoms with van der Waals surface area (Å²) in [5.74, 6) is -0.720. The van der Waals surface area contributed by atoms with E-state index in [9.17, 15) is 9.59 Å². The highest BCUT2D eigenvalue weighted by Gasteiger charge is 2.48. The number of anilines is 2. The van der Waals surface area contributed by atoms with Gasteiger partial charge in [0, 0.05) is 5.38 Å². The van der Waals surface area contributed by atoms with Crippen LogP contribution in [0.5, 0.6) is 0 Å². The van der Waals surface area contributed by atoms with Crippen molar-refractivity contribution in [2.24, 2.45) is 5.16 Å². The Kier molecular flexibility index (Phi) is 4.07. The summed E-state index contributed by atoms with van der Waals surface area (Å²) in [6.45, 7) is 1.75. The van der Waals surface area contributed by atoms with Crippen LogP contribution >= 0.6 is 11.3 Å². The Morgan fingerprint density at radius 1 is 1.58 bits per heavy atom. The van der Waals surface area contributed by atoms with E-state index in [-0.39, 0.29) is 29.3 Å². The number of aromatic amines is 1. The van der Waals surface area contributed by atoms with Crippen molar-refractivity contribution in [3.63, 3.8) is 0 Å². The van der Waals surface area contributed by atoms with Crippen molar-refractivity contribution in [2.45, 2.75) is 19.0 Å². The number of hydrogen-bond donors (Lipinski definition) is 3. The molecule has 0 unspecified atom stereocenters. The molecule has 0 radical (unpaired) electrons. The van der Waals surface area contributed by atoms with E-state index < -0.39 is 11.9 Å². The minimum absolute atomic E-state index is 0.0646. The summed E-state index contributed by atoms with van der Waals surface area (Å²) in [5, 5.41) is 21.1. The zero-order valence-electron chi connectivity index (χ0n) is 12.6. The molecule has 0 aromatic carbocycles. The Morgan fingerprint density at radius 3 is 2.92 bits per heavy atom. The average molecular weight is 351 g/mol. The van der Waals surface area contributed by atoms with Crippen LogP contribution in [-0.2, 0) is 14.4 Å². The molecule has 1 saturated heterocycles. The number of hydrogen-bond acceptors (Lipinski definition) is 10. The molecule has 2 aromatic heterocycles. The molecule has 1 fully saturated rings. The Hall–Kier alpha value is -3.09. The second-order valence-electron chi connectivity index (χ2n) is 4.82. The Morgan fingerprint density at radius 2 is 2.38 bits per heavy atom. The maximum atomic E-state index is 12.4. The van der Waals surface area contributed by atoms with Gasteiger partial charge in [0.25, 0.3) is 11.8 Å². The molecule has 13 heteroatoms. The number of carbonyl (C=O) groups is 2. The van der Waals surface area contributed by atoms with Gasteiger partial charge in [-0.05, 0) is 17.4 Å². The zero-order valence-corrected chi connectivity index (χ0v) is 13.4. The van der Waals surface area contributed by atoms with Gasteiger partial charge in [-0.1, -0.05) is 10.3 Å². The van der Waals surface area contributed by atoms with Gasteiger partial charge in [0.15, 0.2) is 10.8 Å². The topological polar surface area (TPSA) is 164 Å². The van der Waals surface area contributed by atoms with Crippen LogP contribution in [0.25, 0.3) is 0 Å². The lowest BCUT2D eigenvalue weighted by molar-refractivity contribution is -0.130. The molecule has 1 aliphatic heterocycles. The molecular formula is C11H13N9O3S. The van der Waals surface area contributed by atoms with Crippen molar-refractivity contribution < 1.29 is 14.4 Å².